The van der Waals surface area contributed by atoms with Gasteiger partial charge in [0.1, 0.15) is 53.9 Å². The van der Waals surface area contributed by atoms with E-state index in [1.54, 1.807) is 39.0 Å². The van der Waals surface area contributed by atoms with Gasteiger partial charge in [-0.25, -0.2) is 9.59 Å². The third-order valence-electron chi connectivity index (χ3n) is 8.42. The Balaban J connectivity index is 1.44. The molecule has 0 aliphatic carbocycles. The summed E-state index contributed by atoms with van der Waals surface area (Å²) >= 11 is 0. The molecular weight excluding hydrogens is 744 g/mol. The topological polar surface area (TPSA) is 186 Å². The smallest absolute Gasteiger partial charge is 0.408 e. The lowest BCUT2D eigenvalue weighted by atomic mass is 10.1. The fraction of sp³-hybridized carbons (Fsp3) is 0.200. The zero-order chi connectivity index (χ0) is 41.2. The average Bonchev–Trinajstić information content (AvgIpc) is 3.19. The van der Waals surface area contributed by atoms with E-state index < -0.39 is 53.0 Å². The van der Waals surface area contributed by atoms with Crippen LogP contribution in [0.5, 0.6) is 28.7 Å². The minimum Gasteiger partial charge on any atom is -0.507 e. The molecule has 0 saturated carbocycles. The lowest BCUT2D eigenvalue weighted by Gasteiger charge is -2.22. The number of benzene rings is 5. The molecule has 58 heavy (non-hydrogen) atoms. The molecule has 0 fully saturated rings. The van der Waals surface area contributed by atoms with E-state index in [0.717, 1.165) is 16.7 Å². The summed E-state index contributed by atoms with van der Waals surface area (Å²) in [6, 6.07) is 34.0. The number of nitrogens with two attached hydrogens (primary N) is 1. The molecule has 13 heteroatoms. The molecule has 0 bridgehead atoms. The number of hydrogen-bond donors (Lipinski definition) is 3. The van der Waals surface area contributed by atoms with Crippen molar-refractivity contribution in [2.75, 3.05) is 0 Å². The maximum absolute atomic E-state index is 14.3. The van der Waals surface area contributed by atoms with Crippen LogP contribution in [0.15, 0.2) is 131 Å². The number of phenolic OH excluding ortho intramolecular Hbond substituents is 1. The SMILES string of the molecule is CC(C)(C)OC(=O)N[C@@H](CC(N)=O)C(=O)Oc1c(-c2ccc(OCc3ccccc3)c(OCc3ccccc3)c2)oc2cc(OCc3ccccc3)cc(O)c2c1=O. The van der Waals surface area contributed by atoms with E-state index in [2.05, 4.69) is 5.32 Å². The van der Waals surface area contributed by atoms with Gasteiger partial charge in [-0.15, -0.1) is 0 Å². The maximum atomic E-state index is 14.3. The van der Waals surface area contributed by atoms with Crippen molar-refractivity contribution in [3.8, 4) is 40.1 Å². The van der Waals surface area contributed by atoms with E-state index in [4.69, 9.17) is 33.8 Å². The number of carbonyl (C=O) groups is 3. The Morgan fingerprint density at radius 1 is 0.741 bits per heavy atom. The minimum absolute atomic E-state index is 0.0976. The number of aromatic hydroxyl groups is 1. The van der Waals surface area contributed by atoms with Crippen LogP contribution in [0.2, 0.25) is 0 Å². The number of ether oxygens (including phenoxy) is 5. The van der Waals surface area contributed by atoms with Crippen LogP contribution in [0, 0.1) is 0 Å². The van der Waals surface area contributed by atoms with Crippen molar-refractivity contribution in [1.29, 1.82) is 0 Å². The summed E-state index contributed by atoms with van der Waals surface area (Å²) in [5.41, 5.74) is 6.27. The van der Waals surface area contributed by atoms with Crippen LogP contribution in [0.1, 0.15) is 43.9 Å². The first-order valence-electron chi connectivity index (χ1n) is 18.3. The van der Waals surface area contributed by atoms with Gasteiger partial charge in [-0.2, -0.15) is 0 Å². The first-order chi connectivity index (χ1) is 27.8. The lowest BCUT2D eigenvalue weighted by molar-refractivity contribution is -0.138. The van der Waals surface area contributed by atoms with Gasteiger partial charge in [-0.05, 0) is 55.7 Å². The van der Waals surface area contributed by atoms with E-state index in [1.165, 1.54) is 12.1 Å². The van der Waals surface area contributed by atoms with Crippen molar-refractivity contribution in [2.45, 2.75) is 58.7 Å². The normalized spacial score (nSPS) is 11.6. The molecule has 2 amide bonds. The van der Waals surface area contributed by atoms with Crippen LogP contribution < -0.4 is 35.4 Å². The van der Waals surface area contributed by atoms with Crippen molar-refractivity contribution in [1.82, 2.24) is 5.32 Å². The molecular formula is C45H42N2O11. The first kappa shape index (κ1) is 40.4. The Bertz CT molecular complexity index is 2450. The molecule has 6 rings (SSSR count). The van der Waals surface area contributed by atoms with Gasteiger partial charge in [-0.1, -0.05) is 91.0 Å². The third kappa shape index (κ3) is 10.7. The minimum atomic E-state index is -1.67. The number of hydrogen-bond acceptors (Lipinski definition) is 11. The molecule has 0 unspecified atom stereocenters. The largest absolute Gasteiger partial charge is 0.507 e. The van der Waals surface area contributed by atoms with Crippen molar-refractivity contribution < 1.29 is 47.6 Å². The molecule has 0 spiro atoms. The number of fused-ring (bicyclic) bond motifs is 1. The van der Waals surface area contributed by atoms with Gasteiger partial charge in [0.25, 0.3) is 0 Å². The summed E-state index contributed by atoms with van der Waals surface area (Å²) in [6.07, 6.45) is -1.72. The van der Waals surface area contributed by atoms with E-state index in [1.807, 2.05) is 91.0 Å². The van der Waals surface area contributed by atoms with Crippen LogP contribution in [0.4, 0.5) is 4.79 Å². The molecule has 1 atom stereocenters. The molecule has 1 aromatic heterocycles. The quantitative estimate of drug-likeness (QED) is 0.0872. The molecule has 0 aliphatic heterocycles. The standard InChI is InChI=1S/C45H42N2O11/c1-45(2,3)58-44(52)47-33(24-38(46)49)43(51)57-42-40(50)39-34(48)22-32(53-25-28-13-7-4-8-14-28)23-37(39)56-41(42)31-19-20-35(54-26-29-15-9-5-10-16-29)36(21-31)55-27-30-17-11-6-12-18-30/h4-23,33,48H,24-27H2,1-3H3,(H2,46,49)(H,47,52)/t33-/m0/s1. The zero-order valence-electron chi connectivity index (χ0n) is 32.1. The van der Waals surface area contributed by atoms with E-state index in [-0.39, 0.29) is 53.6 Å². The fourth-order valence-electron chi connectivity index (χ4n) is 5.73. The van der Waals surface area contributed by atoms with E-state index >= 15 is 0 Å². The second-order valence-electron chi connectivity index (χ2n) is 14.2. The van der Waals surface area contributed by atoms with Crippen molar-refractivity contribution in [2.24, 2.45) is 5.73 Å². The molecule has 6 aromatic rings. The van der Waals surface area contributed by atoms with E-state index in [0.29, 0.717) is 5.75 Å². The van der Waals surface area contributed by atoms with Gasteiger partial charge in [0.2, 0.25) is 17.1 Å². The molecule has 0 aliphatic rings. The predicted molar refractivity (Wildman–Crippen MR) is 215 cm³/mol. The Kier molecular flexibility index (Phi) is 12.6. The van der Waals surface area contributed by atoms with Gasteiger partial charge in [0, 0.05) is 17.7 Å². The van der Waals surface area contributed by atoms with Crippen LogP contribution in [0.3, 0.4) is 0 Å². The number of nitrogens with one attached hydrogen (secondary N) is 1. The van der Waals surface area contributed by atoms with Crippen LogP contribution in [-0.4, -0.2) is 34.7 Å². The van der Waals surface area contributed by atoms with Gasteiger partial charge >= 0.3 is 12.1 Å². The van der Waals surface area contributed by atoms with Crippen molar-refractivity contribution in [3.63, 3.8) is 0 Å². The Hall–Kier alpha value is -7.28. The number of esters is 1. The van der Waals surface area contributed by atoms with Gasteiger partial charge in [-0.3, -0.25) is 9.59 Å². The fourth-order valence-corrected chi connectivity index (χ4v) is 5.73. The number of rotatable bonds is 15. The van der Waals surface area contributed by atoms with Gasteiger partial charge in [0.15, 0.2) is 17.3 Å². The number of amides is 2. The molecule has 0 saturated heterocycles. The monoisotopic (exact) mass is 786 g/mol. The summed E-state index contributed by atoms with van der Waals surface area (Å²) in [6.45, 7) is 5.35. The Morgan fingerprint density at radius 3 is 1.84 bits per heavy atom. The molecule has 13 nitrogen and oxygen atoms in total. The highest BCUT2D eigenvalue weighted by Crippen LogP contribution is 2.40. The first-order valence-corrected chi connectivity index (χ1v) is 18.3. The molecule has 0 radical (unpaired) electrons. The second-order valence-corrected chi connectivity index (χ2v) is 14.2. The Morgan fingerprint density at radius 2 is 1.29 bits per heavy atom. The summed E-state index contributed by atoms with van der Waals surface area (Å²) in [5, 5.41) is 13.1. The highest BCUT2D eigenvalue weighted by atomic mass is 16.6. The molecule has 298 valence electrons. The number of alkyl carbamates (subject to hydrolysis) is 1. The second kappa shape index (κ2) is 18.1. The zero-order valence-corrected chi connectivity index (χ0v) is 32.1. The van der Waals surface area contributed by atoms with Crippen LogP contribution >= 0.6 is 0 Å². The van der Waals surface area contributed by atoms with E-state index in [9.17, 15) is 24.3 Å². The molecule has 1 heterocycles. The number of phenols is 1. The predicted octanol–water partition coefficient (Wildman–Crippen LogP) is 7.58. The van der Waals surface area contributed by atoms with Crippen LogP contribution in [-0.2, 0) is 34.1 Å². The highest BCUT2D eigenvalue weighted by Gasteiger charge is 2.31. The summed E-state index contributed by atoms with van der Waals surface area (Å²) in [5.74, 6) is -2.79. The van der Waals surface area contributed by atoms with Gasteiger partial charge in [0.05, 0.1) is 6.42 Å². The molecule has 5 aromatic carbocycles. The lowest BCUT2D eigenvalue weighted by Crippen LogP contribution is -2.47. The number of primary amides is 1. The summed E-state index contributed by atoms with van der Waals surface area (Å²) < 4.78 is 35.6. The maximum Gasteiger partial charge on any atom is 0.408 e. The third-order valence-corrected chi connectivity index (χ3v) is 8.42. The summed E-state index contributed by atoms with van der Waals surface area (Å²) in [4.78, 5) is 52.8. The summed E-state index contributed by atoms with van der Waals surface area (Å²) in [7, 11) is 0. The number of carbonyl (C=O) groups excluding carboxylic acids is 3. The van der Waals surface area contributed by atoms with Crippen molar-refractivity contribution in [3.05, 3.63) is 148 Å². The van der Waals surface area contributed by atoms with Crippen molar-refractivity contribution >= 4 is 28.9 Å². The van der Waals surface area contributed by atoms with Crippen LogP contribution in [0.25, 0.3) is 22.3 Å². The molecule has 4 N–H and O–H groups in total. The van der Waals surface area contributed by atoms with Gasteiger partial charge < -0.3 is 44.3 Å². The highest BCUT2D eigenvalue weighted by molar-refractivity contribution is 5.92. The average molecular weight is 787 g/mol. The Labute approximate surface area is 333 Å².